The molecule has 5 heterocycles. The van der Waals surface area contributed by atoms with E-state index in [4.69, 9.17) is 14.2 Å². The molecule has 4 N–H and O–H groups in total. The summed E-state index contributed by atoms with van der Waals surface area (Å²) < 4.78 is 62.5. The highest BCUT2D eigenvalue weighted by Crippen LogP contribution is 2.54. The van der Waals surface area contributed by atoms with Crippen molar-refractivity contribution in [2.24, 2.45) is 11.3 Å². The second kappa shape index (κ2) is 18.8. The number of morpholine rings is 1. The molecule has 368 valence electrons. The Balaban J connectivity index is 0.935. The molecule has 1 spiro atoms. The van der Waals surface area contributed by atoms with Gasteiger partial charge in [0.25, 0.3) is 21.8 Å². The van der Waals surface area contributed by atoms with Crippen LogP contribution in [0.3, 0.4) is 0 Å². The van der Waals surface area contributed by atoms with E-state index in [2.05, 4.69) is 75.1 Å². The van der Waals surface area contributed by atoms with Crippen molar-refractivity contribution < 1.29 is 41.8 Å². The van der Waals surface area contributed by atoms with Crippen LogP contribution in [-0.4, -0.2) is 102 Å². The van der Waals surface area contributed by atoms with Gasteiger partial charge in [-0.05, 0) is 106 Å². The maximum Gasteiger partial charge on any atom is 0.312 e. The van der Waals surface area contributed by atoms with E-state index in [1.54, 1.807) is 19.1 Å². The number of benzene rings is 2. The molecule has 4 aliphatic rings. The zero-order valence-corrected chi connectivity index (χ0v) is 40.5. The average molecular weight is 969 g/mol. The first kappa shape index (κ1) is 48.1. The average Bonchev–Trinajstić information content (AvgIpc) is 3.68. The molecule has 2 saturated carbocycles. The van der Waals surface area contributed by atoms with Crippen molar-refractivity contribution >= 4 is 44.2 Å². The van der Waals surface area contributed by atoms with E-state index in [-0.39, 0.29) is 56.7 Å². The smallest absolute Gasteiger partial charge is 0.312 e. The second-order valence-electron chi connectivity index (χ2n) is 20.2. The number of sulfonamides is 1. The monoisotopic (exact) mass is 968 g/mol. The maximum absolute atomic E-state index is 14.8. The summed E-state index contributed by atoms with van der Waals surface area (Å²) in [5.41, 5.74) is 2.05. The third-order valence-corrected chi connectivity index (χ3v) is 16.4. The number of fused-ring (bicyclic) bond motifs is 1. The number of pyridine rings is 2. The number of ether oxygens (including phenoxy) is 3. The molecule has 9 rings (SSSR count). The van der Waals surface area contributed by atoms with Crippen molar-refractivity contribution in [1.29, 1.82) is 0 Å². The van der Waals surface area contributed by atoms with Crippen molar-refractivity contribution in [1.82, 2.24) is 24.6 Å². The minimum absolute atomic E-state index is 0.0142. The summed E-state index contributed by atoms with van der Waals surface area (Å²) in [6, 6.07) is 16.2. The number of carbonyl (C=O) groups is 1. The van der Waals surface area contributed by atoms with Crippen molar-refractivity contribution in [3.8, 4) is 17.4 Å². The van der Waals surface area contributed by atoms with Crippen molar-refractivity contribution in [2.75, 3.05) is 56.7 Å². The predicted molar refractivity (Wildman–Crippen MR) is 258 cm³/mol. The van der Waals surface area contributed by atoms with E-state index in [0.29, 0.717) is 57.4 Å². The standard InChI is InChI=1S/C50H61FN8O9S/c1-31(2)36-8-6-7-9-39(36)49(4)30-67-21-20-58(49)34-25-50(26-34)16-18-57(19-17-50)33-10-11-37(42(22-33)68-43-24-38-40(51)29-54-44(38)55-47(43)66-5)46(60)56-69(64,65)35-23-41(59(62)63)45(53-28-35)52-27-32-12-14-48(3,61)15-13-32/h6-11,22-24,28-29,31-32,34,61H,12-21,25-27,30H2,1-5H3,(H,52,53)(H,54,55)(H,56,60)/t32?,48?,49-/m0/s1. The molecule has 1 amide bonds. The van der Waals surface area contributed by atoms with E-state index >= 15 is 0 Å². The molecule has 2 saturated heterocycles. The van der Waals surface area contributed by atoms with Gasteiger partial charge < -0.3 is 34.5 Å². The summed E-state index contributed by atoms with van der Waals surface area (Å²) >= 11 is 0. The van der Waals surface area contributed by atoms with Gasteiger partial charge >= 0.3 is 5.69 Å². The quantitative estimate of drug-likeness (QED) is 0.0608. The number of halogens is 1. The Morgan fingerprint density at radius 1 is 1.06 bits per heavy atom. The van der Waals surface area contributed by atoms with Crippen LogP contribution in [0.15, 0.2) is 71.9 Å². The first-order chi connectivity index (χ1) is 32.9. The number of rotatable bonds is 14. The van der Waals surface area contributed by atoms with Crippen LogP contribution >= 0.6 is 0 Å². The summed E-state index contributed by atoms with van der Waals surface area (Å²) in [5, 5.41) is 25.6. The summed E-state index contributed by atoms with van der Waals surface area (Å²) in [6.45, 7) is 12.6. The van der Waals surface area contributed by atoms with E-state index < -0.39 is 42.9 Å². The highest BCUT2D eigenvalue weighted by Gasteiger charge is 2.52. The normalized spacial score (nSPS) is 23.2. The van der Waals surface area contributed by atoms with Gasteiger partial charge in [0.2, 0.25) is 5.82 Å². The topological polar surface area (TPSA) is 214 Å². The van der Waals surface area contributed by atoms with Crippen molar-refractivity contribution in [3.05, 3.63) is 99.6 Å². The third-order valence-electron chi connectivity index (χ3n) is 15.1. The number of hydrogen-bond acceptors (Lipinski definition) is 14. The number of aromatic nitrogens is 3. The Hall–Kier alpha value is -5.89. The van der Waals surface area contributed by atoms with Crippen LogP contribution in [0, 0.1) is 27.3 Å². The first-order valence-electron chi connectivity index (χ1n) is 23.8. The summed E-state index contributed by atoms with van der Waals surface area (Å²) in [5.74, 6) is -1.36. The summed E-state index contributed by atoms with van der Waals surface area (Å²) in [7, 11) is -3.36. The highest BCUT2D eigenvalue weighted by atomic mass is 32.2. The summed E-state index contributed by atoms with van der Waals surface area (Å²) in [4.78, 5) is 41.0. The molecule has 5 aromatic rings. The highest BCUT2D eigenvalue weighted by molar-refractivity contribution is 7.90. The molecule has 3 aromatic heterocycles. The van der Waals surface area contributed by atoms with Crippen LogP contribution in [0.4, 0.5) is 21.6 Å². The van der Waals surface area contributed by atoms with Gasteiger partial charge in [-0.1, -0.05) is 38.1 Å². The van der Waals surface area contributed by atoms with Gasteiger partial charge in [0.15, 0.2) is 5.75 Å². The Labute approximate surface area is 401 Å². The number of nitrogens with zero attached hydrogens (tertiary/aromatic N) is 5. The number of hydrogen-bond donors (Lipinski definition) is 4. The molecule has 0 unspecified atom stereocenters. The molecule has 4 fully saturated rings. The Kier molecular flexibility index (Phi) is 13.1. The van der Waals surface area contributed by atoms with Gasteiger partial charge in [0.1, 0.15) is 22.1 Å². The zero-order valence-electron chi connectivity index (χ0n) is 39.7. The van der Waals surface area contributed by atoms with Crippen LogP contribution in [0.5, 0.6) is 17.4 Å². The van der Waals surface area contributed by atoms with Gasteiger partial charge in [0, 0.05) is 62.3 Å². The molecule has 0 radical (unpaired) electrons. The lowest BCUT2D eigenvalue weighted by atomic mass is 9.59. The van der Waals surface area contributed by atoms with E-state index in [1.807, 2.05) is 4.72 Å². The van der Waals surface area contributed by atoms with Gasteiger partial charge in [-0.2, -0.15) is 4.98 Å². The van der Waals surface area contributed by atoms with Crippen LogP contribution < -0.4 is 24.4 Å². The number of nitro groups is 1. The number of piperidine rings is 1. The number of H-pyrrole nitrogens is 1. The molecular weight excluding hydrogens is 908 g/mol. The number of methoxy groups -OCH3 is 1. The van der Waals surface area contributed by atoms with Gasteiger partial charge in [-0.3, -0.25) is 19.8 Å². The van der Waals surface area contributed by atoms with E-state index in [0.717, 1.165) is 69.5 Å². The van der Waals surface area contributed by atoms with Crippen molar-refractivity contribution in [3.63, 3.8) is 0 Å². The molecule has 17 nitrogen and oxygen atoms in total. The number of carbonyl (C=O) groups excluding carboxylic acids is 1. The molecule has 69 heavy (non-hydrogen) atoms. The Morgan fingerprint density at radius 3 is 2.51 bits per heavy atom. The minimum Gasteiger partial charge on any atom is -0.478 e. The molecule has 2 aliphatic heterocycles. The zero-order chi connectivity index (χ0) is 48.9. The fraction of sp³-hybridized carbons (Fsp3) is 0.500. The predicted octanol–water partition coefficient (Wildman–Crippen LogP) is 8.40. The van der Waals surface area contributed by atoms with Crippen LogP contribution in [0.25, 0.3) is 11.0 Å². The molecule has 0 bridgehead atoms. The Morgan fingerprint density at radius 2 is 1.80 bits per heavy atom. The lowest BCUT2D eigenvalue weighted by molar-refractivity contribution is -0.384. The molecular formula is C50H61FN8O9S. The molecule has 1 atom stereocenters. The second-order valence-corrected chi connectivity index (χ2v) is 21.9. The minimum atomic E-state index is -4.73. The largest absolute Gasteiger partial charge is 0.478 e. The number of aliphatic hydroxyl groups is 1. The molecule has 2 aliphatic carbocycles. The molecule has 19 heteroatoms. The number of aromatic amines is 1. The fourth-order valence-corrected chi connectivity index (χ4v) is 11.9. The van der Waals surface area contributed by atoms with Crippen LogP contribution in [0.2, 0.25) is 0 Å². The van der Waals surface area contributed by atoms with E-state index in [1.165, 1.54) is 30.4 Å². The number of anilines is 2. The lowest BCUT2D eigenvalue weighted by Gasteiger charge is -2.60. The fourth-order valence-electron chi connectivity index (χ4n) is 11.0. The van der Waals surface area contributed by atoms with Crippen LogP contribution in [-0.2, 0) is 20.3 Å². The first-order valence-corrected chi connectivity index (χ1v) is 25.3. The number of nitrogens with one attached hydrogen (secondary N) is 3. The van der Waals surface area contributed by atoms with Crippen LogP contribution in [0.1, 0.15) is 106 Å². The summed E-state index contributed by atoms with van der Waals surface area (Å²) in [6.07, 6.45) is 8.77. The third kappa shape index (κ3) is 9.70. The Bertz CT molecular complexity index is 2850. The number of amides is 1. The van der Waals surface area contributed by atoms with E-state index in [9.17, 15) is 32.8 Å². The van der Waals surface area contributed by atoms with Gasteiger partial charge in [-0.25, -0.2) is 22.5 Å². The maximum atomic E-state index is 14.8. The SMILES string of the molecule is COc1nc2[nH]cc(F)c2cc1Oc1cc(N2CCC3(CC2)CC(N2CCOC[C@@]2(C)c2ccccc2C(C)C)C3)ccc1C(=O)NS(=O)(=O)c1cnc(NCC2CCC(C)(O)CC2)c([N+](=O)[O-])c1. The van der Waals surface area contributed by atoms with Crippen molar-refractivity contribution in [2.45, 2.75) is 107 Å². The lowest BCUT2D eigenvalue weighted by Crippen LogP contribution is -2.63. The van der Waals surface area contributed by atoms with Gasteiger partial charge in [0.05, 0.1) is 53.5 Å². The van der Waals surface area contributed by atoms with Gasteiger partial charge in [-0.15, -0.1) is 0 Å². The molecule has 2 aromatic carbocycles.